The minimum Gasteiger partial charge on any atom is -0.356 e. The smallest absolute Gasteiger partial charge is 0.210 e. The zero-order valence-corrected chi connectivity index (χ0v) is 6.87. The Labute approximate surface area is 62.2 Å². The Bertz CT molecular complexity index is 83.7. The number of rotatable bonds is 4. The summed E-state index contributed by atoms with van der Waals surface area (Å²) in [5, 5.41) is 8.54. The minimum atomic E-state index is -1.12. The van der Waals surface area contributed by atoms with Crippen LogP contribution >= 0.6 is 0 Å². The van der Waals surface area contributed by atoms with Crippen molar-refractivity contribution in [2.24, 2.45) is 17.6 Å². The fraction of sp³-hybridized carbons (Fsp3) is 1.00. The maximum Gasteiger partial charge on any atom is 0.210 e. The van der Waals surface area contributed by atoms with E-state index >= 15 is 0 Å². The van der Waals surface area contributed by atoms with E-state index in [-0.39, 0.29) is 0 Å². The van der Waals surface area contributed by atoms with Crippen molar-refractivity contribution < 1.29 is 9.84 Å². The van der Waals surface area contributed by atoms with Gasteiger partial charge >= 0.3 is 0 Å². The second-order valence-electron chi connectivity index (χ2n) is 2.95. The molecule has 3 nitrogen and oxygen atoms in total. The molecule has 0 saturated carbocycles. The van der Waals surface area contributed by atoms with Gasteiger partial charge in [-0.2, -0.15) is 0 Å². The predicted molar refractivity (Wildman–Crippen MR) is 40.1 cm³/mol. The Kier molecular flexibility index (Phi) is 4.60. The Morgan fingerprint density at radius 2 is 1.90 bits per heavy atom. The third-order valence-corrected chi connectivity index (χ3v) is 1.67. The fourth-order valence-corrected chi connectivity index (χ4v) is 0.443. The first-order valence-corrected chi connectivity index (χ1v) is 3.59. The van der Waals surface area contributed by atoms with Crippen LogP contribution in [0.5, 0.6) is 0 Å². The molecule has 0 saturated heterocycles. The zero-order chi connectivity index (χ0) is 8.15. The van der Waals surface area contributed by atoms with Gasteiger partial charge in [0.05, 0.1) is 6.61 Å². The lowest BCUT2D eigenvalue weighted by molar-refractivity contribution is -0.106. The second kappa shape index (κ2) is 4.66. The maximum atomic E-state index is 8.54. The first-order chi connectivity index (χ1) is 4.54. The third-order valence-electron chi connectivity index (χ3n) is 1.67. The highest BCUT2D eigenvalue weighted by Gasteiger charge is 2.07. The van der Waals surface area contributed by atoms with Crippen LogP contribution in [0.1, 0.15) is 20.8 Å². The summed E-state index contributed by atoms with van der Waals surface area (Å²) < 4.78 is 4.80. The van der Waals surface area contributed by atoms with Gasteiger partial charge in [0.25, 0.3) is 0 Å². The molecule has 0 spiro atoms. The predicted octanol–water partition coefficient (Wildman–Crippen LogP) is 0.530. The Balaban J connectivity index is 3.30. The number of ether oxygens (including phenoxy) is 1. The van der Waals surface area contributed by atoms with Crippen molar-refractivity contribution in [2.75, 3.05) is 6.61 Å². The van der Waals surface area contributed by atoms with Crippen LogP contribution in [-0.4, -0.2) is 18.1 Å². The molecular weight excluding hydrogens is 130 g/mol. The summed E-state index contributed by atoms with van der Waals surface area (Å²) in [6.45, 7) is 6.80. The van der Waals surface area contributed by atoms with Crippen LogP contribution in [0.15, 0.2) is 0 Å². The van der Waals surface area contributed by atoms with Crippen molar-refractivity contribution in [3.8, 4) is 0 Å². The molecule has 0 amide bonds. The minimum absolute atomic E-state index is 0.443. The standard InChI is InChI=1S/C7H17NO2/c1-5(2)6(3)4-10-7(8)9/h5-7,9H,4,8H2,1-3H3. The fourth-order valence-electron chi connectivity index (χ4n) is 0.443. The maximum absolute atomic E-state index is 8.54. The van der Waals surface area contributed by atoms with Crippen LogP contribution in [0.25, 0.3) is 0 Å². The number of nitrogens with two attached hydrogens (primary N) is 1. The van der Waals surface area contributed by atoms with Gasteiger partial charge in [-0.25, -0.2) is 0 Å². The molecule has 3 heteroatoms. The second-order valence-corrected chi connectivity index (χ2v) is 2.95. The lowest BCUT2D eigenvalue weighted by atomic mass is 9.99. The Morgan fingerprint density at radius 3 is 2.20 bits per heavy atom. The average molecular weight is 147 g/mol. The highest BCUT2D eigenvalue weighted by atomic mass is 16.6. The monoisotopic (exact) mass is 147 g/mol. The molecule has 0 bridgehead atoms. The van der Waals surface area contributed by atoms with Gasteiger partial charge in [0.1, 0.15) is 0 Å². The average Bonchev–Trinajstić information content (AvgIpc) is 1.82. The van der Waals surface area contributed by atoms with Gasteiger partial charge in [0, 0.05) is 0 Å². The van der Waals surface area contributed by atoms with E-state index in [0.717, 1.165) is 0 Å². The number of hydrogen-bond donors (Lipinski definition) is 2. The molecule has 0 radical (unpaired) electrons. The summed E-state index contributed by atoms with van der Waals surface area (Å²) in [6, 6.07) is 0. The van der Waals surface area contributed by atoms with Crippen LogP contribution in [0, 0.1) is 11.8 Å². The van der Waals surface area contributed by atoms with Crippen LogP contribution in [0.4, 0.5) is 0 Å². The van der Waals surface area contributed by atoms with E-state index in [9.17, 15) is 0 Å². The first-order valence-electron chi connectivity index (χ1n) is 3.59. The van der Waals surface area contributed by atoms with Crippen molar-refractivity contribution in [1.82, 2.24) is 0 Å². The molecular formula is C7H17NO2. The number of aliphatic hydroxyl groups is 1. The van der Waals surface area contributed by atoms with E-state index in [1.807, 2.05) is 0 Å². The highest BCUT2D eigenvalue weighted by molar-refractivity contribution is 4.54. The Hall–Kier alpha value is -0.120. The lowest BCUT2D eigenvalue weighted by Gasteiger charge is -2.16. The molecule has 0 heterocycles. The topological polar surface area (TPSA) is 55.5 Å². The van der Waals surface area contributed by atoms with Crippen LogP contribution in [0.3, 0.4) is 0 Å². The number of aliphatic hydroxyl groups excluding tert-OH is 1. The van der Waals surface area contributed by atoms with Gasteiger partial charge in [-0.1, -0.05) is 20.8 Å². The molecule has 0 fully saturated rings. The molecule has 0 aliphatic carbocycles. The normalized spacial score (nSPS) is 17.4. The highest BCUT2D eigenvalue weighted by Crippen LogP contribution is 2.09. The van der Waals surface area contributed by atoms with Crippen molar-refractivity contribution in [1.29, 1.82) is 0 Å². The molecule has 2 atom stereocenters. The van der Waals surface area contributed by atoms with E-state index < -0.39 is 6.41 Å². The third kappa shape index (κ3) is 4.73. The van der Waals surface area contributed by atoms with Crippen LogP contribution in [0.2, 0.25) is 0 Å². The van der Waals surface area contributed by atoms with Gasteiger partial charge < -0.3 is 9.84 Å². The van der Waals surface area contributed by atoms with Crippen molar-refractivity contribution in [2.45, 2.75) is 27.2 Å². The molecule has 0 aromatic carbocycles. The van der Waals surface area contributed by atoms with Crippen LogP contribution < -0.4 is 5.73 Å². The quantitative estimate of drug-likeness (QED) is 0.570. The summed E-state index contributed by atoms with van der Waals surface area (Å²) in [5.41, 5.74) is 4.97. The summed E-state index contributed by atoms with van der Waals surface area (Å²) in [6.07, 6.45) is -1.12. The van der Waals surface area contributed by atoms with E-state index in [1.165, 1.54) is 0 Å². The summed E-state index contributed by atoms with van der Waals surface area (Å²) in [5.74, 6) is 1.01. The molecule has 10 heavy (non-hydrogen) atoms. The van der Waals surface area contributed by atoms with Gasteiger partial charge in [-0.15, -0.1) is 0 Å². The largest absolute Gasteiger partial charge is 0.356 e. The van der Waals surface area contributed by atoms with Gasteiger partial charge in [-0.3, -0.25) is 5.73 Å². The van der Waals surface area contributed by atoms with Crippen LogP contribution in [-0.2, 0) is 4.74 Å². The SMILES string of the molecule is CC(C)C(C)COC(N)O. The van der Waals surface area contributed by atoms with Gasteiger partial charge in [0.2, 0.25) is 6.41 Å². The first kappa shape index (κ1) is 9.88. The molecule has 3 N–H and O–H groups in total. The molecule has 2 unspecified atom stereocenters. The molecule has 0 aromatic rings. The number of hydrogen-bond acceptors (Lipinski definition) is 3. The van der Waals surface area contributed by atoms with Crippen molar-refractivity contribution in [3.05, 3.63) is 0 Å². The van der Waals surface area contributed by atoms with Crippen molar-refractivity contribution in [3.63, 3.8) is 0 Å². The molecule has 0 aliphatic rings. The Morgan fingerprint density at radius 1 is 1.40 bits per heavy atom. The molecule has 62 valence electrons. The molecule has 0 rings (SSSR count). The van der Waals surface area contributed by atoms with Crippen molar-refractivity contribution >= 4 is 0 Å². The zero-order valence-electron chi connectivity index (χ0n) is 6.87. The van der Waals surface area contributed by atoms with E-state index in [4.69, 9.17) is 15.6 Å². The molecule has 0 aromatic heterocycles. The van der Waals surface area contributed by atoms with E-state index in [1.54, 1.807) is 0 Å². The lowest BCUT2D eigenvalue weighted by Crippen LogP contribution is -2.26. The summed E-state index contributed by atoms with van der Waals surface area (Å²) in [4.78, 5) is 0. The summed E-state index contributed by atoms with van der Waals surface area (Å²) in [7, 11) is 0. The van der Waals surface area contributed by atoms with Gasteiger partial charge in [-0.05, 0) is 11.8 Å². The van der Waals surface area contributed by atoms with E-state index in [0.29, 0.717) is 18.4 Å². The summed E-state index contributed by atoms with van der Waals surface area (Å²) >= 11 is 0. The van der Waals surface area contributed by atoms with E-state index in [2.05, 4.69) is 20.8 Å². The van der Waals surface area contributed by atoms with Gasteiger partial charge in [0.15, 0.2) is 0 Å². The molecule has 0 aliphatic heterocycles.